The van der Waals surface area contributed by atoms with Crippen LogP contribution in [0.3, 0.4) is 0 Å². The van der Waals surface area contributed by atoms with E-state index in [9.17, 15) is 34.1 Å². The third-order valence-electron chi connectivity index (χ3n) is 5.51. The predicted molar refractivity (Wildman–Crippen MR) is 104 cm³/mol. The number of benzene rings is 1. The second-order valence-corrected chi connectivity index (χ2v) is 8.29. The van der Waals surface area contributed by atoms with Gasteiger partial charge in [0.1, 0.15) is 5.82 Å². The Morgan fingerprint density at radius 3 is 2.30 bits per heavy atom. The van der Waals surface area contributed by atoms with E-state index < -0.39 is 52.8 Å². The molecule has 1 aliphatic heterocycles. The number of ether oxygens (including phenoxy) is 1. The summed E-state index contributed by atoms with van der Waals surface area (Å²) in [6, 6.07) is 2.14. The molecule has 1 aromatic carbocycles. The number of nitrogens with zero attached hydrogens (tertiary/aromatic N) is 2. The number of aliphatic hydroxyl groups is 3. The minimum Gasteiger partial charge on any atom is -0.376 e. The van der Waals surface area contributed by atoms with Crippen molar-refractivity contribution in [2.75, 3.05) is 6.61 Å². The van der Waals surface area contributed by atoms with E-state index in [1.54, 1.807) is 0 Å². The van der Waals surface area contributed by atoms with Gasteiger partial charge in [0.05, 0.1) is 22.7 Å². The zero-order chi connectivity index (χ0) is 22.8. The first-order valence-electron chi connectivity index (χ1n) is 8.57. The molecule has 1 fully saturated rings. The first-order valence-corrected chi connectivity index (χ1v) is 9.75. The Bertz CT molecular complexity index is 1110. The molecule has 0 amide bonds. The normalized spacial score (nSPS) is 31.7. The third-order valence-corrected chi connectivity index (χ3v) is 6.36. The van der Waals surface area contributed by atoms with Gasteiger partial charge in [-0.15, -0.1) is 0 Å². The molecule has 0 saturated carbocycles. The van der Waals surface area contributed by atoms with Gasteiger partial charge in [0.25, 0.3) is 0 Å². The van der Waals surface area contributed by atoms with Gasteiger partial charge in [-0.1, -0.05) is 11.6 Å². The van der Waals surface area contributed by atoms with Crippen LogP contribution in [0.4, 0.5) is 4.39 Å². The van der Waals surface area contributed by atoms with Crippen molar-refractivity contribution in [3.63, 3.8) is 0 Å². The fraction of sp³-hybridized carbons (Fsp3) is 0.444. The number of hydrogen-bond donors (Lipinski definition) is 3. The van der Waals surface area contributed by atoms with E-state index in [0.29, 0.717) is 0 Å². The average molecular weight is 508 g/mol. The Labute approximate surface area is 182 Å². The molecule has 2 aromatic rings. The van der Waals surface area contributed by atoms with Gasteiger partial charge in [-0.2, -0.15) is 0 Å². The highest BCUT2D eigenvalue weighted by Crippen LogP contribution is 2.49. The molecule has 3 N–H and O–H groups in total. The maximum Gasteiger partial charge on any atom is 0.207 e. The molecule has 0 bridgehead atoms. The number of rotatable bonds is 4. The number of aromatic nitrogens is 2. The molecule has 9 nitrogen and oxygen atoms in total. The van der Waals surface area contributed by atoms with Crippen LogP contribution in [0, 0.1) is 5.82 Å². The molecular formula is C18H17BrClFN2O7. The van der Waals surface area contributed by atoms with Crippen LogP contribution >= 0.6 is 27.5 Å². The Kier molecular flexibility index (Phi) is 5.46. The molecule has 4 atom stereocenters. The number of Topliss-reactive ketones (excluding diaryl/α,β-unsaturated/α-hetero) is 3. The topological polar surface area (TPSA) is 139 Å². The van der Waals surface area contributed by atoms with Crippen molar-refractivity contribution in [3.8, 4) is 0 Å². The summed E-state index contributed by atoms with van der Waals surface area (Å²) >= 11 is 8.89. The third kappa shape index (κ3) is 2.73. The summed E-state index contributed by atoms with van der Waals surface area (Å²) in [6.07, 6.45) is -1.87. The molecule has 0 spiro atoms. The summed E-state index contributed by atoms with van der Waals surface area (Å²) in [7, 11) is 0. The number of carbonyl (C=O) groups excluding carboxylic acids is 3. The van der Waals surface area contributed by atoms with Gasteiger partial charge in [0.2, 0.25) is 11.2 Å². The lowest BCUT2D eigenvalue weighted by Crippen LogP contribution is -2.82. The summed E-state index contributed by atoms with van der Waals surface area (Å²) in [6.45, 7) is 1.59. The lowest BCUT2D eigenvalue weighted by Gasteiger charge is -2.55. The first-order chi connectivity index (χ1) is 13.7. The van der Waals surface area contributed by atoms with E-state index in [0.717, 1.165) is 31.4 Å². The van der Waals surface area contributed by atoms with Gasteiger partial charge >= 0.3 is 0 Å². The van der Waals surface area contributed by atoms with Gasteiger partial charge in [-0.25, -0.2) is 9.37 Å². The lowest BCUT2D eigenvalue weighted by atomic mass is 9.63. The molecule has 12 heteroatoms. The fourth-order valence-electron chi connectivity index (χ4n) is 3.81. The van der Waals surface area contributed by atoms with Crippen molar-refractivity contribution < 1.29 is 38.8 Å². The van der Waals surface area contributed by atoms with E-state index in [1.165, 1.54) is 6.07 Å². The molecule has 2 heterocycles. The zero-order valence-electron chi connectivity index (χ0n) is 15.9. The van der Waals surface area contributed by atoms with Crippen LogP contribution in [0.5, 0.6) is 0 Å². The van der Waals surface area contributed by atoms with E-state index in [2.05, 4.69) is 20.9 Å². The molecule has 1 aliphatic rings. The Morgan fingerprint density at radius 2 is 1.80 bits per heavy atom. The maximum absolute atomic E-state index is 14.1. The van der Waals surface area contributed by atoms with E-state index in [-0.39, 0.29) is 20.8 Å². The van der Waals surface area contributed by atoms with Crippen LogP contribution in [-0.4, -0.2) is 65.6 Å². The predicted octanol–water partition coefficient (Wildman–Crippen LogP) is 1.08. The molecule has 0 radical (unpaired) electrons. The van der Waals surface area contributed by atoms with Crippen molar-refractivity contribution in [1.29, 1.82) is 0 Å². The summed E-state index contributed by atoms with van der Waals surface area (Å²) in [5, 5.41) is 33.2. The van der Waals surface area contributed by atoms with Crippen LogP contribution < -0.4 is 0 Å². The average Bonchev–Trinajstić information content (AvgIpc) is 2.94. The second-order valence-electron chi connectivity index (χ2n) is 7.17. The minimum atomic E-state index is -3.28. The van der Waals surface area contributed by atoms with E-state index in [4.69, 9.17) is 16.3 Å². The Balaban J connectivity index is 2.38. The Hall–Kier alpha value is -1.76. The number of hydrogen-bond acceptors (Lipinski definition) is 8. The molecule has 0 unspecified atom stereocenters. The minimum absolute atomic E-state index is 0.00684. The van der Waals surface area contributed by atoms with Gasteiger partial charge in [-0.3, -0.25) is 19.0 Å². The highest BCUT2D eigenvalue weighted by atomic mass is 79.9. The van der Waals surface area contributed by atoms with Crippen molar-refractivity contribution in [1.82, 2.24) is 9.55 Å². The van der Waals surface area contributed by atoms with Gasteiger partial charge in [0.15, 0.2) is 33.9 Å². The highest BCUT2D eigenvalue weighted by Gasteiger charge is 2.75. The van der Waals surface area contributed by atoms with E-state index in [1.807, 2.05) is 0 Å². The quantitative estimate of drug-likeness (QED) is 0.559. The molecule has 162 valence electrons. The molecular weight excluding hydrogens is 491 g/mol. The summed E-state index contributed by atoms with van der Waals surface area (Å²) < 4.78 is 20.5. The number of halogens is 3. The van der Waals surface area contributed by atoms with Crippen molar-refractivity contribution in [2.24, 2.45) is 0 Å². The number of fused-ring (bicyclic) bond motifs is 1. The van der Waals surface area contributed by atoms with Crippen molar-refractivity contribution in [2.45, 2.75) is 43.8 Å². The molecule has 0 aliphatic carbocycles. The van der Waals surface area contributed by atoms with Crippen LogP contribution in [0.1, 0.15) is 27.0 Å². The van der Waals surface area contributed by atoms with Crippen LogP contribution in [0.25, 0.3) is 11.0 Å². The van der Waals surface area contributed by atoms with Crippen molar-refractivity contribution >= 4 is 55.9 Å². The standard InChI is InChI=1S/C18H17BrClFN2O7/c1-7(24)16(27)6-30-14(17(28,8(2)25)18(16,29)9(3)26)23-13-5-11(21)10(20)4-12(13)22-15(23)19/h4-5,14,27-29H,6H2,1-3H3/t14-,16+,17+,18-/m1/s1. The number of imidazole rings is 1. The fourth-order valence-corrected chi connectivity index (χ4v) is 4.53. The smallest absolute Gasteiger partial charge is 0.207 e. The van der Waals surface area contributed by atoms with Gasteiger partial charge in [0, 0.05) is 6.07 Å². The first kappa shape index (κ1) is 22.9. The van der Waals surface area contributed by atoms with Gasteiger partial charge in [-0.05, 0) is 42.8 Å². The highest BCUT2D eigenvalue weighted by molar-refractivity contribution is 9.10. The van der Waals surface area contributed by atoms with Crippen LogP contribution in [-0.2, 0) is 19.1 Å². The van der Waals surface area contributed by atoms with Crippen molar-refractivity contribution in [3.05, 3.63) is 27.7 Å². The number of ketones is 3. The maximum atomic E-state index is 14.1. The molecule has 1 saturated heterocycles. The second kappa shape index (κ2) is 7.14. The lowest BCUT2D eigenvalue weighted by molar-refractivity contribution is -0.310. The monoisotopic (exact) mass is 506 g/mol. The van der Waals surface area contributed by atoms with E-state index >= 15 is 0 Å². The summed E-state index contributed by atoms with van der Waals surface area (Å²) in [4.78, 5) is 41.4. The zero-order valence-corrected chi connectivity index (χ0v) is 18.3. The largest absolute Gasteiger partial charge is 0.376 e. The van der Waals surface area contributed by atoms with Gasteiger partial charge < -0.3 is 20.1 Å². The molecule has 1 aromatic heterocycles. The Morgan fingerprint density at radius 1 is 1.20 bits per heavy atom. The van der Waals surface area contributed by atoms with Crippen LogP contribution in [0.2, 0.25) is 5.02 Å². The summed E-state index contributed by atoms with van der Waals surface area (Å²) in [5.41, 5.74) is -9.22. The molecule has 30 heavy (non-hydrogen) atoms. The molecule has 3 rings (SSSR count). The summed E-state index contributed by atoms with van der Waals surface area (Å²) in [5.74, 6) is -4.39. The number of carbonyl (C=O) groups is 3. The SMILES string of the molecule is CC(=O)[C@@]1(O)[C@@](O)(C(C)=O)CO[C@@H](n2c(Br)nc3cc(Cl)c(F)cc32)[C@@]1(O)C(C)=O. The van der Waals surface area contributed by atoms with Crippen LogP contribution in [0.15, 0.2) is 16.9 Å².